The average Bonchev–Trinajstić information content (AvgIpc) is 3.16. The van der Waals surface area contributed by atoms with Crippen molar-refractivity contribution in [3.05, 3.63) is 58.6 Å². The summed E-state index contributed by atoms with van der Waals surface area (Å²) in [6, 6.07) is 12.4. The number of rotatable bonds is 5. The van der Waals surface area contributed by atoms with Gasteiger partial charge in [-0.1, -0.05) is 17.4 Å². The Hall–Kier alpha value is -2.98. The molecular formula is C21H23N5O3S2. The van der Waals surface area contributed by atoms with Crippen molar-refractivity contribution in [2.45, 2.75) is 24.7 Å². The highest BCUT2D eigenvalue weighted by Gasteiger charge is 2.26. The van der Waals surface area contributed by atoms with Gasteiger partial charge in [-0.15, -0.1) is 10.2 Å². The molecule has 3 aromatic rings. The molecule has 1 amide bonds. The first-order valence-corrected chi connectivity index (χ1v) is 12.1. The van der Waals surface area contributed by atoms with E-state index in [1.807, 2.05) is 37.2 Å². The summed E-state index contributed by atoms with van der Waals surface area (Å²) in [6.07, 6.45) is 1.47. The maximum absolute atomic E-state index is 13.2. The summed E-state index contributed by atoms with van der Waals surface area (Å²) in [5, 5.41) is 8.56. The van der Waals surface area contributed by atoms with E-state index in [1.165, 1.54) is 17.4 Å². The van der Waals surface area contributed by atoms with Gasteiger partial charge in [0.25, 0.3) is 15.9 Å². The summed E-state index contributed by atoms with van der Waals surface area (Å²) in [4.78, 5) is 17.0. The second-order valence-corrected chi connectivity index (χ2v) is 10.4. The van der Waals surface area contributed by atoms with Crippen LogP contribution in [0.2, 0.25) is 0 Å². The molecule has 0 atom stereocenters. The Morgan fingerprint density at radius 1 is 1.16 bits per heavy atom. The molecule has 0 radical (unpaired) electrons. The number of fused-ring (bicyclic) bond motifs is 1. The molecule has 0 saturated carbocycles. The first-order chi connectivity index (χ1) is 14.7. The van der Waals surface area contributed by atoms with E-state index < -0.39 is 10.0 Å². The fourth-order valence-electron chi connectivity index (χ4n) is 3.54. The predicted octanol–water partition coefficient (Wildman–Crippen LogP) is 3.31. The van der Waals surface area contributed by atoms with E-state index in [0.717, 1.165) is 23.4 Å². The quantitative estimate of drug-likeness (QED) is 0.632. The number of amides is 1. The van der Waals surface area contributed by atoms with Gasteiger partial charge < -0.3 is 9.80 Å². The predicted molar refractivity (Wildman–Crippen MR) is 123 cm³/mol. The maximum atomic E-state index is 13.2. The van der Waals surface area contributed by atoms with Crippen molar-refractivity contribution in [3.8, 4) is 0 Å². The molecule has 0 bridgehead atoms. The van der Waals surface area contributed by atoms with E-state index in [2.05, 4.69) is 14.9 Å². The second kappa shape index (κ2) is 8.27. The normalized spacial score (nSPS) is 13.6. The Morgan fingerprint density at radius 2 is 1.97 bits per heavy atom. The molecule has 1 aliphatic rings. The number of benzene rings is 2. The first-order valence-electron chi connectivity index (χ1n) is 9.80. The van der Waals surface area contributed by atoms with Crippen LogP contribution in [0, 0.1) is 6.92 Å². The van der Waals surface area contributed by atoms with Gasteiger partial charge in [0, 0.05) is 37.6 Å². The van der Waals surface area contributed by atoms with Crippen LogP contribution in [0.1, 0.15) is 27.3 Å². The van der Waals surface area contributed by atoms with Crippen LogP contribution < -0.4 is 14.5 Å². The lowest BCUT2D eigenvalue weighted by molar-refractivity contribution is 0.0985. The summed E-state index contributed by atoms with van der Waals surface area (Å²) < 4.78 is 28.0. The van der Waals surface area contributed by atoms with Crippen LogP contribution in [0.15, 0.2) is 47.4 Å². The van der Waals surface area contributed by atoms with Crippen LogP contribution in [0.25, 0.3) is 0 Å². The highest BCUT2D eigenvalue weighted by molar-refractivity contribution is 7.93. The Bertz CT molecular complexity index is 1240. The minimum Gasteiger partial charge on any atom is -0.378 e. The van der Waals surface area contributed by atoms with Crippen LogP contribution in [-0.2, 0) is 16.4 Å². The molecule has 1 N–H and O–H groups in total. The third kappa shape index (κ3) is 4.40. The van der Waals surface area contributed by atoms with E-state index in [0.29, 0.717) is 23.5 Å². The summed E-state index contributed by atoms with van der Waals surface area (Å²) in [7, 11) is 0.0693. The Labute approximate surface area is 185 Å². The van der Waals surface area contributed by atoms with Crippen molar-refractivity contribution < 1.29 is 13.2 Å². The van der Waals surface area contributed by atoms with Crippen LogP contribution in [-0.4, -0.2) is 45.2 Å². The van der Waals surface area contributed by atoms with Crippen LogP contribution in [0.4, 0.5) is 16.5 Å². The number of nitrogens with zero attached hydrogens (tertiary/aromatic N) is 4. The molecule has 0 fully saturated rings. The fraction of sp³-hybridized carbons (Fsp3) is 0.286. The zero-order valence-electron chi connectivity index (χ0n) is 17.5. The molecule has 0 aliphatic carbocycles. The first kappa shape index (κ1) is 21.3. The van der Waals surface area contributed by atoms with E-state index in [-0.39, 0.29) is 15.9 Å². The van der Waals surface area contributed by atoms with Gasteiger partial charge in [0.1, 0.15) is 5.01 Å². The lowest BCUT2D eigenvalue weighted by atomic mass is 10.0. The Morgan fingerprint density at radius 3 is 2.68 bits per heavy atom. The third-order valence-electron chi connectivity index (χ3n) is 5.08. The molecule has 10 heteroatoms. The van der Waals surface area contributed by atoms with E-state index >= 15 is 0 Å². The minimum absolute atomic E-state index is 0.0947. The summed E-state index contributed by atoms with van der Waals surface area (Å²) in [5.74, 6) is -0.0947. The molecule has 31 heavy (non-hydrogen) atoms. The van der Waals surface area contributed by atoms with Gasteiger partial charge in [-0.2, -0.15) is 0 Å². The number of carbonyl (C=O) groups excluding carboxylic acids is 1. The van der Waals surface area contributed by atoms with Crippen LogP contribution in [0.5, 0.6) is 0 Å². The molecule has 162 valence electrons. The summed E-state index contributed by atoms with van der Waals surface area (Å²) in [5.41, 5.74) is 3.13. The van der Waals surface area contributed by atoms with Gasteiger partial charge >= 0.3 is 0 Å². The van der Waals surface area contributed by atoms with Crippen molar-refractivity contribution in [2.75, 3.05) is 35.2 Å². The summed E-state index contributed by atoms with van der Waals surface area (Å²) >= 11 is 1.17. The van der Waals surface area contributed by atoms with Gasteiger partial charge in [-0.05, 0) is 61.7 Å². The van der Waals surface area contributed by atoms with Gasteiger partial charge in [0.15, 0.2) is 0 Å². The van der Waals surface area contributed by atoms with Crippen molar-refractivity contribution >= 4 is 43.8 Å². The van der Waals surface area contributed by atoms with E-state index in [9.17, 15) is 13.2 Å². The van der Waals surface area contributed by atoms with Crippen LogP contribution in [0.3, 0.4) is 0 Å². The van der Waals surface area contributed by atoms with Crippen LogP contribution >= 0.6 is 11.3 Å². The van der Waals surface area contributed by atoms with E-state index in [1.54, 1.807) is 30.0 Å². The largest absolute Gasteiger partial charge is 0.378 e. The molecule has 0 spiro atoms. The van der Waals surface area contributed by atoms with Gasteiger partial charge in [0.2, 0.25) is 5.13 Å². The van der Waals surface area contributed by atoms with Crippen molar-refractivity contribution in [2.24, 2.45) is 0 Å². The highest BCUT2D eigenvalue weighted by atomic mass is 32.2. The molecular weight excluding hydrogens is 434 g/mol. The Kier molecular flexibility index (Phi) is 5.67. The molecule has 4 rings (SSSR count). The second-order valence-electron chi connectivity index (χ2n) is 7.53. The lowest BCUT2D eigenvalue weighted by Crippen LogP contribution is -2.35. The Balaban J connectivity index is 1.63. The number of sulfonamides is 1. The molecule has 2 heterocycles. The SMILES string of the molecule is Cc1nnc(NS(=O)(=O)c2ccc3c(c2)CCCN3C(=O)c2cccc(N(C)C)c2)s1. The zero-order valence-corrected chi connectivity index (χ0v) is 19.1. The number of nitrogens with one attached hydrogen (secondary N) is 1. The number of hydrogen-bond donors (Lipinski definition) is 1. The van der Waals surface area contributed by atoms with Crippen molar-refractivity contribution in [1.29, 1.82) is 0 Å². The number of aryl methyl sites for hydroxylation is 2. The molecule has 0 saturated heterocycles. The van der Waals surface area contributed by atoms with Gasteiger partial charge in [-0.25, -0.2) is 8.42 Å². The molecule has 1 aromatic heterocycles. The molecule has 8 nitrogen and oxygen atoms in total. The number of carbonyl (C=O) groups is 1. The maximum Gasteiger partial charge on any atom is 0.263 e. The van der Waals surface area contributed by atoms with E-state index in [4.69, 9.17) is 0 Å². The smallest absolute Gasteiger partial charge is 0.263 e. The average molecular weight is 458 g/mol. The van der Waals surface area contributed by atoms with Gasteiger partial charge in [-0.3, -0.25) is 9.52 Å². The van der Waals surface area contributed by atoms with Crippen molar-refractivity contribution in [3.63, 3.8) is 0 Å². The number of anilines is 3. The monoisotopic (exact) mass is 457 g/mol. The summed E-state index contributed by atoms with van der Waals surface area (Å²) in [6.45, 7) is 2.35. The molecule has 0 unspecified atom stereocenters. The number of aromatic nitrogens is 2. The zero-order chi connectivity index (χ0) is 22.2. The fourth-order valence-corrected chi connectivity index (χ4v) is 5.41. The van der Waals surface area contributed by atoms with Gasteiger partial charge in [0.05, 0.1) is 4.90 Å². The highest BCUT2D eigenvalue weighted by Crippen LogP contribution is 2.32. The lowest BCUT2D eigenvalue weighted by Gasteiger charge is -2.30. The third-order valence-corrected chi connectivity index (χ3v) is 7.30. The number of hydrogen-bond acceptors (Lipinski definition) is 7. The molecule has 1 aliphatic heterocycles. The standard InChI is InChI=1S/C21H23N5O3S2/c1-14-22-23-21(30-14)24-31(28,29)18-9-10-19-15(13-18)7-5-11-26(19)20(27)16-6-4-8-17(12-16)25(2)3/h4,6,8-10,12-13H,5,7,11H2,1-3H3,(H,23,24). The minimum atomic E-state index is -3.79. The molecule has 2 aromatic carbocycles. The topological polar surface area (TPSA) is 95.5 Å². The van der Waals surface area contributed by atoms with Crippen molar-refractivity contribution in [1.82, 2.24) is 10.2 Å².